The van der Waals surface area contributed by atoms with Crippen LogP contribution in [0.15, 0.2) is 30.5 Å². The maximum Gasteiger partial charge on any atom is 0.0483 e. The van der Waals surface area contributed by atoms with Crippen LogP contribution in [0.5, 0.6) is 0 Å². The van der Waals surface area contributed by atoms with Gasteiger partial charge < -0.3 is 10.3 Å². The van der Waals surface area contributed by atoms with E-state index in [0.717, 1.165) is 25.9 Å². The third-order valence-electron chi connectivity index (χ3n) is 3.87. The number of hydrogen-bond donors (Lipinski definition) is 1. The average Bonchev–Trinajstić information content (AvgIpc) is 2.75. The molecular weight excluding hydrogens is 244 g/mol. The molecule has 0 radical (unpaired) electrons. The van der Waals surface area contributed by atoms with E-state index < -0.39 is 0 Å². The molecule has 20 heavy (non-hydrogen) atoms. The largest absolute Gasteiger partial charge is 0.347 e. The fourth-order valence-electron chi connectivity index (χ4n) is 2.62. The zero-order chi connectivity index (χ0) is 14.6. The highest BCUT2D eigenvalue weighted by Gasteiger charge is 2.12. The molecule has 2 nitrogen and oxygen atoms in total. The number of unbranched alkanes of at least 4 members (excludes halogenated alkanes) is 1. The molecule has 1 heterocycles. The predicted octanol–water partition coefficient (Wildman–Crippen LogP) is 4.36. The SMILES string of the molecule is CC(C)(C)CCn1cc(CCCCN)c2ccccc21. The van der Waals surface area contributed by atoms with Crippen molar-refractivity contribution >= 4 is 10.9 Å². The topological polar surface area (TPSA) is 30.9 Å². The standard InChI is InChI=1S/C18H28N2/c1-18(2,3)11-13-20-14-15(8-6-7-12-19)16-9-4-5-10-17(16)20/h4-5,9-10,14H,6-8,11-13,19H2,1-3H3. The molecule has 0 bridgehead atoms. The smallest absolute Gasteiger partial charge is 0.0483 e. The normalized spacial score (nSPS) is 12.2. The van der Waals surface area contributed by atoms with Crippen LogP contribution >= 0.6 is 0 Å². The first-order chi connectivity index (χ1) is 9.51. The summed E-state index contributed by atoms with van der Waals surface area (Å²) in [5, 5.41) is 1.42. The summed E-state index contributed by atoms with van der Waals surface area (Å²) < 4.78 is 2.43. The van der Waals surface area contributed by atoms with Gasteiger partial charge in [0.05, 0.1) is 0 Å². The summed E-state index contributed by atoms with van der Waals surface area (Å²) in [6, 6.07) is 8.77. The van der Waals surface area contributed by atoms with Gasteiger partial charge in [0.25, 0.3) is 0 Å². The van der Waals surface area contributed by atoms with Gasteiger partial charge in [-0.2, -0.15) is 0 Å². The Morgan fingerprint density at radius 2 is 1.85 bits per heavy atom. The van der Waals surface area contributed by atoms with E-state index in [4.69, 9.17) is 5.73 Å². The molecule has 2 aromatic rings. The van der Waals surface area contributed by atoms with Gasteiger partial charge in [0.2, 0.25) is 0 Å². The van der Waals surface area contributed by atoms with Gasteiger partial charge in [0, 0.05) is 23.6 Å². The number of nitrogens with zero attached hydrogens (tertiary/aromatic N) is 1. The Morgan fingerprint density at radius 1 is 1.10 bits per heavy atom. The molecule has 0 fully saturated rings. The Hall–Kier alpha value is -1.28. The lowest BCUT2D eigenvalue weighted by atomic mass is 9.92. The Bertz CT molecular complexity index is 546. The maximum absolute atomic E-state index is 5.60. The van der Waals surface area contributed by atoms with Gasteiger partial charge in [-0.15, -0.1) is 0 Å². The highest BCUT2D eigenvalue weighted by molar-refractivity contribution is 5.83. The van der Waals surface area contributed by atoms with E-state index in [9.17, 15) is 0 Å². The van der Waals surface area contributed by atoms with Crippen LogP contribution in [0.2, 0.25) is 0 Å². The fraction of sp³-hybridized carbons (Fsp3) is 0.556. The maximum atomic E-state index is 5.60. The van der Waals surface area contributed by atoms with Crippen LogP contribution in [0, 0.1) is 5.41 Å². The zero-order valence-corrected chi connectivity index (χ0v) is 13.2. The van der Waals surface area contributed by atoms with Crippen molar-refractivity contribution in [3.8, 4) is 0 Å². The highest BCUT2D eigenvalue weighted by Crippen LogP contribution is 2.26. The number of nitrogens with two attached hydrogens (primary N) is 1. The van der Waals surface area contributed by atoms with Crippen LogP contribution < -0.4 is 5.73 Å². The van der Waals surface area contributed by atoms with Gasteiger partial charge in [-0.25, -0.2) is 0 Å². The summed E-state index contributed by atoms with van der Waals surface area (Å²) in [7, 11) is 0. The summed E-state index contributed by atoms with van der Waals surface area (Å²) in [4.78, 5) is 0. The minimum atomic E-state index is 0.380. The molecule has 0 aliphatic heterocycles. The quantitative estimate of drug-likeness (QED) is 0.778. The molecule has 2 N–H and O–H groups in total. The van der Waals surface area contributed by atoms with E-state index in [-0.39, 0.29) is 0 Å². The van der Waals surface area contributed by atoms with Crippen LogP contribution in [0.1, 0.15) is 45.6 Å². The molecule has 0 unspecified atom stereocenters. The van der Waals surface area contributed by atoms with Crippen LogP contribution in [0.25, 0.3) is 10.9 Å². The van der Waals surface area contributed by atoms with Gasteiger partial charge >= 0.3 is 0 Å². The Balaban J connectivity index is 2.21. The van der Waals surface area contributed by atoms with Crippen LogP contribution in [0.3, 0.4) is 0 Å². The lowest BCUT2D eigenvalue weighted by Gasteiger charge is -2.18. The summed E-state index contributed by atoms with van der Waals surface area (Å²) in [5.74, 6) is 0. The second kappa shape index (κ2) is 6.45. The van der Waals surface area contributed by atoms with E-state index in [2.05, 4.69) is 55.8 Å². The summed E-state index contributed by atoms with van der Waals surface area (Å²) in [6.07, 6.45) is 6.99. The molecule has 110 valence electrons. The third-order valence-corrected chi connectivity index (χ3v) is 3.87. The van der Waals surface area contributed by atoms with Gasteiger partial charge in [-0.05, 0) is 49.3 Å². The lowest BCUT2D eigenvalue weighted by Crippen LogP contribution is -2.09. The van der Waals surface area contributed by atoms with E-state index in [1.165, 1.54) is 29.3 Å². The van der Waals surface area contributed by atoms with Crippen molar-refractivity contribution in [3.63, 3.8) is 0 Å². The minimum absolute atomic E-state index is 0.380. The van der Waals surface area contributed by atoms with E-state index in [1.807, 2.05) is 0 Å². The molecule has 0 amide bonds. The van der Waals surface area contributed by atoms with Crippen molar-refractivity contribution in [2.24, 2.45) is 11.1 Å². The molecule has 0 aliphatic carbocycles. The monoisotopic (exact) mass is 272 g/mol. The first-order valence-corrected chi connectivity index (χ1v) is 7.78. The third kappa shape index (κ3) is 3.86. The lowest BCUT2D eigenvalue weighted by molar-refractivity contribution is 0.353. The molecule has 2 rings (SSSR count). The van der Waals surface area contributed by atoms with Gasteiger partial charge in [0.1, 0.15) is 0 Å². The highest BCUT2D eigenvalue weighted by atomic mass is 15.0. The molecule has 1 aromatic heterocycles. The zero-order valence-electron chi connectivity index (χ0n) is 13.2. The van der Waals surface area contributed by atoms with Crippen LogP contribution in [-0.2, 0) is 13.0 Å². The Kier molecular flexibility index (Phi) is 4.87. The molecule has 0 aliphatic rings. The molecule has 0 spiro atoms. The number of hydrogen-bond acceptors (Lipinski definition) is 1. The van der Waals surface area contributed by atoms with E-state index >= 15 is 0 Å². The second-order valence-corrected chi connectivity index (χ2v) is 6.92. The van der Waals surface area contributed by atoms with E-state index in [1.54, 1.807) is 0 Å². The molecule has 0 saturated heterocycles. The van der Waals surface area contributed by atoms with Crippen LogP contribution in [-0.4, -0.2) is 11.1 Å². The predicted molar refractivity (Wildman–Crippen MR) is 88.0 cm³/mol. The van der Waals surface area contributed by atoms with Crippen LogP contribution in [0.4, 0.5) is 0 Å². The molecule has 2 heteroatoms. The van der Waals surface area contributed by atoms with Gasteiger partial charge in [0.15, 0.2) is 0 Å². The molecule has 0 saturated carbocycles. The van der Waals surface area contributed by atoms with Crippen molar-refractivity contribution < 1.29 is 0 Å². The van der Waals surface area contributed by atoms with E-state index in [0.29, 0.717) is 5.41 Å². The minimum Gasteiger partial charge on any atom is -0.347 e. The number of aryl methyl sites for hydroxylation is 2. The second-order valence-electron chi connectivity index (χ2n) is 6.92. The fourth-order valence-corrected chi connectivity index (χ4v) is 2.62. The number of fused-ring (bicyclic) bond motifs is 1. The summed E-state index contributed by atoms with van der Waals surface area (Å²) >= 11 is 0. The summed E-state index contributed by atoms with van der Waals surface area (Å²) in [5.41, 5.74) is 8.83. The number of benzene rings is 1. The number of rotatable bonds is 6. The van der Waals surface area contributed by atoms with Crippen molar-refractivity contribution in [2.75, 3.05) is 6.54 Å². The molecule has 1 aromatic carbocycles. The number of para-hydroxylation sites is 1. The van der Waals surface area contributed by atoms with Crippen molar-refractivity contribution in [2.45, 2.75) is 53.0 Å². The molecular formula is C18H28N2. The van der Waals surface area contributed by atoms with Gasteiger partial charge in [-0.3, -0.25) is 0 Å². The Morgan fingerprint density at radius 3 is 2.55 bits per heavy atom. The Labute approximate surface area is 123 Å². The summed E-state index contributed by atoms with van der Waals surface area (Å²) in [6.45, 7) is 8.81. The van der Waals surface area contributed by atoms with Crippen molar-refractivity contribution in [1.82, 2.24) is 4.57 Å². The molecule has 0 atom stereocenters. The van der Waals surface area contributed by atoms with Crippen molar-refractivity contribution in [1.29, 1.82) is 0 Å². The van der Waals surface area contributed by atoms with Crippen molar-refractivity contribution in [3.05, 3.63) is 36.0 Å². The number of aromatic nitrogens is 1. The first kappa shape index (κ1) is 15.1. The first-order valence-electron chi connectivity index (χ1n) is 7.78. The van der Waals surface area contributed by atoms with Gasteiger partial charge in [-0.1, -0.05) is 39.0 Å². The average molecular weight is 272 g/mol.